The molecular weight excluding hydrogens is 364 g/mol. The molecule has 1 aliphatic heterocycles. The van der Waals surface area contributed by atoms with Gasteiger partial charge in [-0.25, -0.2) is 0 Å². The van der Waals surface area contributed by atoms with Crippen LogP contribution in [-0.2, 0) is 14.3 Å². The Morgan fingerprint density at radius 3 is 2.41 bits per heavy atom. The molecule has 0 radical (unpaired) electrons. The van der Waals surface area contributed by atoms with Crippen LogP contribution in [0, 0.1) is 5.41 Å². The van der Waals surface area contributed by atoms with Crippen molar-refractivity contribution < 1.29 is 19.4 Å². The van der Waals surface area contributed by atoms with E-state index in [9.17, 15) is 9.90 Å². The lowest BCUT2D eigenvalue weighted by Gasteiger charge is -2.28. The number of carboxylic acids is 1. The Labute approximate surface area is 178 Å². The van der Waals surface area contributed by atoms with Crippen LogP contribution in [0.5, 0.6) is 0 Å². The van der Waals surface area contributed by atoms with Crippen molar-refractivity contribution in [2.75, 3.05) is 6.61 Å². The van der Waals surface area contributed by atoms with Gasteiger partial charge in [0.2, 0.25) is 0 Å². The molecule has 0 spiro atoms. The summed E-state index contributed by atoms with van der Waals surface area (Å²) in [5.74, 6) is -0.728. The van der Waals surface area contributed by atoms with Crippen molar-refractivity contribution in [1.82, 2.24) is 0 Å². The minimum atomic E-state index is -0.728. The second kappa shape index (κ2) is 13.0. The van der Waals surface area contributed by atoms with Crippen molar-refractivity contribution in [2.45, 2.75) is 105 Å². The highest BCUT2D eigenvalue weighted by atomic mass is 16.7. The molecule has 0 aromatic heterocycles. The van der Waals surface area contributed by atoms with Gasteiger partial charge in [-0.05, 0) is 92.4 Å². The fraction of sp³-hybridized carbons (Fsp3) is 0.720. The molecule has 4 nitrogen and oxygen atoms in total. The van der Waals surface area contributed by atoms with Crippen LogP contribution in [0.4, 0.5) is 0 Å². The second-order valence-electron chi connectivity index (χ2n) is 9.17. The SMILES string of the molecule is C=C(C)C(CC/C(C)=C/CC/C(C)=C/CCC(C)(C)C(=O)O)OC1CCCCO1. The molecule has 1 aliphatic rings. The van der Waals surface area contributed by atoms with Gasteiger partial charge in [-0.1, -0.05) is 35.5 Å². The normalized spacial score (nSPS) is 19.8. The smallest absolute Gasteiger partial charge is 0.309 e. The lowest BCUT2D eigenvalue weighted by atomic mass is 9.87. The summed E-state index contributed by atoms with van der Waals surface area (Å²) in [6.45, 7) is 14.8. The maximum Gasteiger partial charge on any atom is 0.309 e. The van der Waals surface area contributed by atoms with E-state index >= 15 is 0 Å². The van der Waals surface area contributed by atoms with Crippen molar-refractivity contribution in [1.29, 1.82) is 0 Å². The highest BCUT2D eigenvalue weighted by Gasteiger charge is 2.25. The summed E-state index contributed by atoms with van der Waals surface area (Å²) in [6.07, 6.45) is 13.2. The Bertz CT molecular complexity index is 580. The molecule has 2 unspecified atom stereocenters. The first-order chi connectivity index (χ1) is 13.6. The molecule has 0 aliphatic carbocycles. The third kappa shape index (κ3) is 10.8. The summed E-state index contributed by atoms with van der Waals surface area (Å²) in [6, 6.07) is 0. The zero-order valence-corrected chi connectivity index (χ0v) is 19.3. The van der Waals surface area contributed by atoms with Crippen LogP contribution < -0.4 is 0 Å². The molecule has 0 saturated carbocycles. The number of rotatable bonds is 13. The topological polar surface area (TPSA) is 55.8 Å². The summed E-state index contributed by atoms with van der Waals surface area (Å²) in [7, 11) is 0. The first-order valence-corrected chi connectivity index (χ1v) is 11.1. The Morgan fingerprint density at radius 2 is 1.83 bits per heavy atom. The predicted octanol–water partition coefficient (Wildman–Crippen LogP) is 6.82. The van der Waals surface area contributed by atoms with Gasteiger partial charge in [-0.3, -0.25) is 4.79 Å². The number of ether oxygens (including phenoxy) is 2. The molecule has 1 N–H and O–H groups in total. The van der Waals surface area contributed by atoms with E-state index in [0.717, 1.165) is 57.1 Å². The standard InChI is InChI=1S/C25H42O4/c1-19(2)22(29-23-14-7-8-18-28-23)16-15-21(4)12-9-11-20(3)13-10-17-25(5,6)24(26)27/h12-13,22-23H,1,7-11,14-18H2,2-6H3,(H,26,27)/b20-13+,21-12+. The summed E-state index contributed by atoms with van der Waals surface area (Å²) in [4.78, 5) is 11.2. The summed E-state index contributed by atoms with van der Waals surface area (Å²) in [5, 5.41) is 9.17. The molecule has 0 bridgehead atoms. The van der Waals surface area contributed by atoms with Gasteiger partial charge in [0.1, 0.15) is 0 Å². The first-order valence-electron chi connectivity index (χ1n) is 11.1. The minimum absolute atomic E-state index is 0.0562. The lowest BCUT2D eigenvalue weighted by Crippen LogP contribution is -2.28. The monoisotopic (exact) mass is 406 g/mol. The van der Waals surface area contributed by atoms with E-state index in [1.54, 1.807) is 13.8 Å². The highest BCUT2D eigenvalue weighted by Crippen LogP contribution is 2.24. The van der Waals surface area contributed by atoms with Crippen LogP contribution in [0.25, 0.3) is 0 Å². The summed E-state index contributed by atoms with van der Waals surface area (Å²) >= 11 is 0. The molecular formula is C25H42O4. The molecule has 166 valence electrons. The van der Waals surface area contributed by atoms with Gasteiger partial charge in [-0.2, -0.15) is 0 Å². The van der Waals surface area contributed by atoms with Crippen molar-refractivity contribution in [3.05, 3.63) is 35.5 Å². The molecule has 1 heterocycles. The average molecular weight is 407 g/mol. The van der Waals surface area contributed by atoms with E-state index in [2.05, 4.69) is 32.6 Å². The van der Waals surface area contributed by atoms with E-state index in [4.69, 9.17) is 9.47 Å². The van der Waals surface area contributed by atoms with Crippen LogP contribution in [0.1, 0.15) is 92.4 Å². The van der Waals surface area contributed by atoms with E-state index in [1.807, 2.05) is 6.92 Å². The van der Waals surface area contributed by atoms with Crippen LogP contribution in [0.2, 0.25) is 0 Å². The van der Waals surface area contributed by atoms with Gasteiger partial charge in [0.05, 0.1) is 11.5 Å². The van der Waals surface area contributed by atoms with Gasteiger partial charge in [-0.15, -0.1) is 0 Å². The molecule has 1 saturated heterocycles. The minimum Gasteiger partial charge on any atom is -0.481 e. The van der Waals surface area contributed by atoms with Gasteiger partial charge in [0.15, 0.2) is 6.29 Å². The second-order valence-corrected chi connectivity index (χ2v) is 9.17. The first kappa shape index (κ1) is 25.6. The van der Waals surface area contributed by atoms with Crippen molar-refractivity contribution in [3.63, 3.8) is 0 Å². The summed E-state index contributed by atoms with van der Waals surface area (Å²) < 4.78 is 11.8. The largest absolute Gasteiger partial charge is 0.481 e. The number of aliphatic carboxylic acids is 1. The number of carboxylic acid groups (broad SMARTS) is 1. The number of hydrogen-bond acceptors (Lipinski definition) is 3. The summed E-state index contributed by atoms with van der Waals surface area (Å²) in [5.41, 5.74) is 3.12. The molecule has 0 aromatic carbocycles. The van der Waals surface area contributed by atoms with Crippen molar-refractivity contribution >= 4 is 5.97 Å². The highest BCUT2D eigenvalue weighted by molar-refractivity contribution is 5.73. The zero-order chi connectivity index (χ0) is 21.9. The Hall–Kier alpha value is -1.39. The van der Waals surface area contributed by atoms with E-state index < -0.39 is 11.4 Å². The molecule has 4 heteroatoms. The lowest BCUT2D eigenvalue weighted by molar-refractivity contribution is -0.181. The molecule has 0 amide bonds. The van der Waals surface area contributed by atoms with Crippen molar-refractivity contribution in [3.8, 4) is 0 Å². The van der Waals surface area contributed by atoms with Crippen LogP contribution in [0.3, 0.4) is 0 Å². The van der Waals surface area contributed by atoms with Gasteiger partial charge < -0.3 is 14.6 Å². The van der Waals surface area contributed by atoms with Crippen molar-refractivity contribution in [2.24, 2.45) is 5.41 Å². The van der Waals surface area contributed by atoms with Gasteiger partial charge in [0, 0.05) is 6.61 Å². The van der Waals surface area contributed by atoms with E-state index in [0.29, 0.717) is 6.42 Å². The maximum absolute atomic E-state index is 11.2. The molecule has 1 fully saturated rings. The molecule has 29 heavy (non-hydrogen) atoms. The number of hydrogen-bond donors (Lipinski definition) is 1. The number of allylic oxidation sites excluding steroid dienone is 4. The Balaban J connectivity index is 2.35. The van der Waals surface area contributed by atoms with Crippen LogP contribution >= 0.6 is 0 Å². The molecule has 1 rings (SSSR count). The third-order valence-electron chi connectivity index (χ3n) is 5.68. The third-order valence-corrected chi connectivity index (χ3v) is 5.68. The van der Waals surface area contributed by atoms with Crippen LogP contribution in [0.15, 0.2) is 35.5 Å². The molecule has 2 atom stereocenters. The zero-order valence-electron chi connectivity index (χ0n) is 19.3. The quantitative estimate of drug-likeness (QED) is 0.341. The van der Waals surface area contributed by atoms with E-state index in [-0.39, 0.29) is 12.4 Å². The Kier molecular flexibility index (Phi) is 11.5. The number of carbonyl (C=O) groups is 1. The molecule has 0 aromatic rings. The Morgan fingerprint density at radius 1 is 1.17 bits per heavy atom. The average Bonchev–Trinajstić information content (AvgIpc) is 2.65. The van der Waals surface area contributed by atoms with Crippen LogP contribution in [-0.4, -0.2) is 30.1 Å². The van der Waals surface area contributed by atoms with E-state index in [1.165, 1.54) is 17.6 Å². The fourth-order valence-corrected chi connectivity index (χ4v) is 3.33. The fourth-order valence-electron chi connectivity index (χ4n) is 3.33. The van der Waals surface area contributed by atoms with Gasteiger partial charge in [0.25, 0.3) is 0 Å². The van der Waals surface area contributed by atoms with Gasteiger partial charge >= 0.3 is 5.97 Å². The predicted molar refractivity (Wildman–Crippen MR) is 120 cm³/mol. The maximum atomic E-state index is 11.2.